The molecule has 0 aliphatic heterocycles. The van der Waals surface area contributed by atoms with Gasteiger partial charge in [-0.1, -0.05) is 84.0 Å². The second-order valence-corrected chi connectivity index (χ2v) is 15.2. The first-order valence-electron chi connectivity index (χ1n) is 12.8. The predicted octanol–water partition coefficient (Wildman–Crippen LogP) is 9.33. The minimum absolute atomic E-state index is 0.0847. The molecule has 0 fully saturated rings. The van der Waals surface area contributed by atoms with E-state index in [0.717, 1.165) is 0 Å². The second-order valence-electron chi connectivity index (χ2n) is 11.8. The van der Waals surface area contributed by atoms with Crippen LogP contribution in [-0.4, -0.2) is 36.2 Å². The quantitative estimate of drug-likeness (QED) is 0.149. The van der Waals surface area contributed by atoms with Crippen LogP contribution >= 0.6 is 0 Å². The highest BCUT2D eigenvalue weighted by atomic mass is 32.2. The van der Waals surface area contributed by atoms with Gasteiger partial charge in [0.25, 0.3) is 0 Å². The molecule has 3 rings (SSSR count). The zero-order chi connectivity index (χ0) is 34.2. The van der Waals surface area contributed by atoms with Crippen LogP contribution in [0.2, 0.25) is 0 Å². The van der Waals surface area contributed by atoms with Crippen LogP contribution in [0.15, 0.2) is 93.5 Å². The minimum atomic E-state index is -7.43. The molecule has 0 N–H and O–H groups in total. The Morgan fingerprint density at radius 3 is 1.11 bits per heavy atom. The van der Waals surface area contributed by atoms with E-state index in [1.807, 2.05) is 0 Å². The average molecular weight is 675 g/mol. The van der Waals surface area contributed by atoms with Gasteiger partial charge in [0.1, 0.15) is 0 Å². The molecule has 0 aliphatic carbocycles. The Morgan fingerprint density at radius 1 is 0.523 bits per heavy atom. The number of alkyl halides is 9. The SMILES string of the molecule is CC(C)(C)c1ccc([S+](c2ccccc2)c2ccc(C(C)(C)C)cc2)cc1.O=S(=O)([O-])C(F)(F)C(F)(F)C(F)(F)C(F)(F)F. The molecule has 14 heteroatoms. The number of hydrogen-bond donors (Lipinski definition) is 0. The van der Waals surface area contributed by atoms with Gasteiger partial charge in [-0.05, 0) is 58.4 Å². The van der Waals surface area contributed by atoms with E-state index in [0.29, 0.717) is 0 Å². The topological polar surface area (TPSA) is 57.2 Å². The Hall–Kier alpha value is -2.71. The van der Waals surface area contributed by atoms with Crippen LogP contribution in [0.3, 0.4) is 0 Å². The van der Waals surface area contributed by atoms with E-state index in [4.69, 9.17) is 0 Å². The molecule has 3 aromatic carbocycles. The number of benzene rings is 3. The van der Waals surface area contributed by atoms with Gasteiger partial charge in [0, 0.05) is 0 Å². The molecule has 0 aromatic heterocycles. The van der Waals surface area contributed by atoms with E-state index in [9.17, 15) is 52.5 Å². The Balaban J connectivity index is 0.000000345. The molecule has 0 unspecified atom stereocenters. The maximum Gasteiger partial charge on any atom is 0.460 e. The van der Waals surface area contributed by atoms with Gasteiger partial charge in [-0.15, -0.1) is 0 Å². The van der Waals surface area contributed by atoms with E-state index >= 15 is 0 Å². The normalized spacial score (nSPS) is 13.8. The predicted molar refractivity (Wildman–Crippen MR) is 149 cm³/mol. The fraction of sp³-hybridized carbons (Fsp3) is 0.400. The zero-order valence-corrected chi connectivity index (χ0v) is 26.1. The third-order valence-corrected chi connectivity index (χ3v) is 9.44. The molecule has 44 heavy (non-hydrogen) atoms. The molecule has 0 bridgehead atoms. The van der Waals surface area contributed by atoms with Gasteiger partial charge in [0.2, 0.25) is 0 Å². The van der Waals surface area contributed by atoms with Crippen molar-refractivity contribution in [3.63, 3.8) is 0 Å². The van der Waals surface area contributed by atoms with Gasteiger partial charge in [-0.3, -0.25) is 0 Å². The van der Waals surface area contributed by atoms with Gasteiger partial charge >= 0.3 is 23.3 Å². The first-order chi connectivity index (χ1) is 19.7. The molecule has 3 aromatic rings. The summed E-state index contributed by atoms with van der Waals surface area (Å²) in [5.41, 5.74) is 3.12. The lowest BCUT2D eigenvalue weighted by atomic mass is 9.87. The molecule has 0 spiro atoms. The largest absolute Gasteiger partial charge is 0.743 e. The third kappa shape index (κ3) is 7.92. The molecule has 0 radical (unpaired) electrons. The molecule has 0 atom stereocenters. The molecule has 0 amide bonds. The van der Waals surface area contributed by atoms with Crippen LogP contribution in [0, 0.1) is 0 Å². The maximum absolute atomic E-state index is 12.2. The van der Waals surface area contributed by atoms with Crippen molar-refractivity contribution >= 4 is 21.0 Å². The summed E-state index contributed by atoms with van der Waals surface area (Å²) >= 11 is 0. The van der Waals surface area contributed by atoms with Crippen molar-refractivity contribution in [2.45, 2.75) is 90.3 Å². The van der Waals surface area contributed by atoms with Crippen molar-refractivity contribution in [1.82, 2.24) is 0 Å². The summed E-state index contributed by atoms with van der Waals surface area (Å²) in [5.74, 6) is -14.8. The van der Waals surface area contributed by atoms with E-state index in [-0.39, 0.29) is 21.7 Å². The van der Waals surface area contributed by atoms with Crippen molar-refractivity contribution in [2.24, 2.45) is 0 Å². The Bertz CT molecular complexity index is 1430. The number of halogens is 9. The first-order valence-corrected chi connectivity index (χ1v) is 15.5. The van der Waals surface area contributed by atoms with Gasteiger partial charge in [0.15, 0.2) is 24.8 Å². The lowest BCUT2D eigenvalue weighted by Crippen LogP contribution is -2.63. The highest BCUT2D eigenvalue weighted by Crippen LogP contribution is 2.54. The van der Waals surface area contributed by atoms with Crippen molar-refractivity contribution in [2.75, 3.05) is 0 Å². The van der Waals surface area contributed by atoms with Crippen LogP contribution in [0.4, 0.5) is 39.5 Å². The summed E-state index contributed by atoms with van der Waals surface area (Å²) in [6.07, 6.45) is -7.16. The average Bonchev–Trinajstić information content (AvgIpc) is 2.88. The van der Waals surface area contributed by atoms with E-state index < -0.39 is 33.4 Å². The summed E-state index contributed by atoms with van der Waals surface area (Å²) in [4.78, 5) is 4.11. The fourth-order valence-corrected chi connectivity index (χ4v) is 6.17. The Kier molecular flexibility index (Phi) is 10.7. The summed E-state index contributed by atoms with van der Waals surface area (Å²) in [5, 5.41) is -7.11. The second kappa shape index (κ2) is 12.6. The highest BCUT2D eigenvalue weighted by Gasteiger charge is 2.83. The Labute approximate surface area is 253 Å². The molecule has 0 aliphatic rings. The maximum atomic E-state index is 12.2. The third-order valence-electron chi connectivity index (χ3n) is 6.32. The Morgan fingerprint density at radius 2 is 0.841 bits per heavy atom. The van der Waals surface area contributed by atoms with Crippen LogP contribution < -0.4 is 0 Å². The summed E-state index contributed by atoms with van der Waals surface area (Å²) < 4.78 is 135. The molecule has 3 nitrogen and oxygen atoms in total. The summed E-state index contributed by atoms with van der Waals surface area (Å²) in [6, 6.07) is 29.3. The van der Waals surface area contributed by atoms with Gasteiger partial charge in [-0.25, -0.2) is 8.42 Å². The van der Waals surface area contributed by atoms with E-state index in [1.165, 1.54) is 25.8 Å². The van der Waals surface area contributed by atoms with Crippen molar-refractivity contribution < 1.29 is 52.5 Å². The highest BCUT2D eigenvalue weighted by molar-refractivity contribution is 7.97. The molecule has 244 valence electrons. The van der Waals surface area contributed by atoms with Crippen LogP contribution in [-0.2, 0) is 31.8 Å². The van der Waals surface area contributed by atoms with E-state index in [2.05, 4.69) is 120 Å². The monoisotopic (exact) mass is 674 g/mol. The van der Waals surface area contributed by atoms with E-state index in [1.54, 1.807) is 0 Å². The molecule has 0 saturated carbocycles. The first kappa shape index (κ1) is 37.5. The lowest BCUT2D eigenvalue weighted by molar-refractivity contribution is -0.382. The molecular weight excluding hydrogens is 643 g/mol. The lowest BCUT2D eigenvalue weighted by Gasteiger charge is -2.34. The van der Waals surface area contributed by atoms with Crippen LogP contribution in [0.5, 0.6) is 0 Å². The minimum Gasteiger partial charge on any atom is -0.743 e. The summed E-state index contributed by atoms with van der Waals surface area (Å²) in [7, 11) is -7.50. The van der Waals surface area contributed by atoms with Crippen molar-refractivity contribution in [3.05, 3.63) is 90.0 Å². The van der Waals surface area contributed by atoms with Crippen LogP contribution in [0.1, 0.15) is 52.7 Å². The standard InChI is InChI=1S/C26H31S.C4HF9O3S/c1-25(2,3)20-12-16-23(17-13-20)27(22-10-8-7-9-11-22)24-18-14-21(15-19-24)26(4,5)6;5-1(6,3(9,10)11)2(7,8)4(12,13)17(14,15)16/h7-19H,1-6H3;(H,14,15,16)/q+1;/p-1. The number of rotatable bonds is 6. The number of hydrogen-bond acceptors (Lipinski definition) is 3. The van der Waals surface area contributed by atoms with Gasteiger partial charge < -0.3 is 4.55 Å². The zero-order valence-electron chi connectivity index (χ0n) is 24.4. The van der Waals surface area contributed by atoms with Crippen molar-refractivity contribution in [3.8, 4) is 0 Å². The smallest absolute Gasteiger partial charge is 0.460 e. The molecular formula is C30H31F9O3S2. The molecule has 0 heterocycles. The van der Waals surface area contributed by atoms with Crippen LogP contribution in [0.25, 0.3) is 0 Å². The van der Waals surface area contributed by atoms with Crippen molar-refractivity contribution in [1.29, 1.82) is 0 Å². The summed E-state index contributed by atoms with van der Waals surface area (Å²) in [6.45, 7) is 13.6. The molecule has 0 saturated heterocycles. The van der Waals surface area contributed by atoms with Gasteiger partial charge in [-0.2, -0.15) is 39.5 Å². The van der Waals surface area contributed by atoms with Gasteiger partial charge in [0.05, 0.1) is 10.9 Å². The fourth-order valence-electron chi connectivity index (χ4n) is 3.66.